The Hall–Kier alpha value is -2.28. The molecule has 1 heterocycles. The van der Waals surface area contributed by atoms with E-state index in [1.54, 1.807) is 7.11 Å². The van der Waals surface area contributed by atoms with Crippen molar-refractivity contribution in [3.05, 3.63) is 24.3 Å². The van der Waals surface area contributed by atoms with Crippen molar-refractivity contribution in [1.29, 1.82) is 0 Å². The van der Waals surface area contributed by atoms with Crippen LogP contribution in [0.1, 0.15) is 33.1 Å². The van der Waals surface area contributed by atoms with Crippen molar-refractivity contribution in [2.75, 3.05) is 38.2 Å². The van der Waals surface area contributed by atoms with Gasteiger partial charge < -0.3 is 14.5 Å². The smallest absolute Gasteiger partial charge is 0.233 e. The minimum atomic E-state index is -0.361. The van der Waals surface area contributed by atoms with Crippen LogP contribution in [0.3, 0.4) is 0 Å². The molecule has 1 unspecified atom stereocenters. The van der Waals surface area contributed by atoms with Gasteiger partial charge in [-0.2, -0.15) is 0 Å². The molecule has 1 aromatic carbocycles. The highest BCUT2D eigenvalue weighted by Gasteiger charge is 2.31. The van der Waals surface area contributed by atoms with Gasteiger partial charge in [0.25, 0.3) is 0 Å². The SMILES string of the molecule is CCCC[C@H](CN(O)C=O)C(=O)N1CCN(c2ccc(OC)cc2)C(C)C1. The summed E-state index contributed by atoms with van der Waals surface area (Å²) < 4.78 is 5.21. The Labute approximate surface area is 161 Å². The minimum Gasteiger partial charge on any atom is -0.497 e. The van der Waals surface area contributed by atoms with E-state index in [1.165, 1.54) is 0 Å². The lowest BCUT2D eigenvalue weighted by molar-refractivity contribution is -0.157. The molecule has 0 radical (unpaired) electrons. The van der Waals surface area contributed by atoms with Gasteiger partial charge in [-0.1, -0.05) is 19.8 Å². The average Bonchev–Trinajstić information content (AvgIpc) is 2.70. The van der Waals surface area contributed by atoms with Crippen molar-refractivity contribution < 1.29 is 19.5 Å². The predicted molar refractivity (Wildman–Crippen MR) is 104 cm³/mol. The van der Waals surface area contributed by atoms with Crippen LogP contribution in [0.2, 0.25) is 0 Å². The Morgan fingerprint density at radius 1 is 1.37 bits per heavy atom. The Kier molecular flexibility index (Phi) is 7.91. The van der Waals surface area contributed by atoms with Gasteiger partial charge in [-0.25, -0.2) is 5.06 Å². The summed E-state index contributed by atoms with van der Waals surface area (Å²) in [6, 6.07) is 8.12. The first kappa shape index (κ1) is 21.0. The number of hydroxylamine groups is 2. The largest absolute Gasteiger partial charge is 0.497 e. The molecule has 2 amide bonds. The molecule has 2 rings (SSSR count). The van der Waals surface area contributed by atoms with Gasteiger partial charge in [0.15, 0.2) is 0 Å². The zero-order valence-corrected chi connectivity index (χ0v) is 16.5. The molecule has 0 aromatic heterocycles. The van der Waals surface area contributed by atoms with Gasteiger partial charge >= 0.3 is 0 Å². The molecule has 1 N–H and O–H groups in total. The molecular formula is C20H31N3O4. The second-order valence-electron chi connectivity index (χ2n) is 7.09. The predicted octanol–water partition coefficient (Wildman–Crippen LogP) is 2.39. The molecular weight excluding hydrogens is 346 g/mol. The summed E-state index contributed by atoms with van der Waals surface area (Å²) in [4.78, 5) is 27.9. The lowest BCUT2D eigenvalue weighted by Crippen LogP contribution is -2.55. The maximum atomic E-state index is 13.0. The maximum absolute atomic E-state index is 13.0. The van der Waals surface area contributed by atoms with Crippen LogP contribution in [0.15, 0.2) is 24.3 Å². The number of ether oxygens (including phenoxy) is 1. The summed E-state index contributed by atoms with van der Waals surface area (Å²) in [6.07, 6.45) is 2.90. The summed E-state index contributed by atoms with van der Waals surface area (Å²) in [5, 5.41) is 10.1. The van der Waals surface area contributed by atoms with Gasteiger partial charge in [-0.3, -0.25) is 14.8 Å². The third-order valence-electron chi connectivity index (χ3n) is 5.13. The molecule has 150 valence electrons. The van der Waals surface area contributed by atoms with Crippen LogP contribution in [0.4, 0.5) is 5.69 Å². The highest BCUT2D eigenvalue weighted by atomic mass is 16.5. The van der Waals surface area contributed by atoms with Crippen LogP contribution >= 0.6 is 0 Å². The number of rotatable bonds is 9. The fourth-order valence-corrected chi connectivity index (χ4v) is 3.59. The summed E-state index contributed by atoms with van der Waals surface area (Å²) in [5.41, 5.74) is 1.11. The van der Waals surface area contributed by atoms with Crippen molar-refractivity contribution >= 4 is 18.0 Å². The second kappa shape index (κ2) is 10.2. The molecule has 1 aliphatic rings. The van der Waals surface area contributed by atoms with E-state index in [0.717, 1.165) is 30.8 Å². The number of carbonyl (C=O) groups excluding carboxylic acids is 2. The van der Waals surface area contributed by atoms with E-state index in [2.05, 4.69) is 18.7 Å². The van der Waals surface area contributed by atoms with Crippen molar-refractivity contribution in [3.63, 3.8) is 0 Å². The number of methoxy groups -OCH3 is 1. The highest BCUT2D eigenvalue weighted by Crippen LogP contribution is 2.24. The van der Waals surface area contributed by atoms with Crippen LogP contribution < -0.4 is 9.64 Å². The number of hydrogen-bond donors (Lipinski definition) is 1. The summed E-state index contributed by atoms with van der Waals surface area (Å²) in [7, 11) is 1.65. The minimum absolute atomic E-state index is 0.0191. The zero-order valence-electron chi connectivity index (χ0n) is 16.5. The van der Waals surface area contributed by atoms with Gasteiger partial charge in [-0.05, 0) is 37.6 Å². The summed E-state index contributed by atoms with van der Waals surface area (Å²) in [5.74, 6) is 0.480. The number of amides is 2. The second-order valence-corrected chi connectivity index (χ2v) is 7.09. The van der Waals surface area contributed by atoms with Gasteiger partial charge in [0.1, 0.15) is 5.75 Å². The van der Waals surface area contributed by atoms with Crippen LogP contribution in [-0.4, -0.2) is 66.8 Å². The van der Waals surface area contributed by atoms with E-state index >= 15 is 0 Å². The maximum Gasteiger partial charge on any atom is 0.233 e. The van der Waals surface area contributed by atoms with Crippen LogP contribution in [0.25, 0.3) is 0 Å². The lowest BCUT2D eigenvalue weighted by Gasteiger charge is -2.42. The molecule has 1 fully saturated rings. The first-order valence-electron chi connectivity index (χ1n) is 9.60. The molecule has 7 heteroatoms. The van der Waals surface area contributed by atoms with Gasteiger partial charge in [0, 0.05) is 31.4 Å². The highest BCUT2D eigenvalue weighted by molar-refractivity contribution is 5.79. The fourth-order valence-electron chi connectivity index (χ4n) is 3.59. The van der Waals surface area contributed by atoms with E-state index in [0.29, 0.717) is 31.0 Å². The number of carbonyl (C=O) groups is 2. The molecule has 1 aromatic rings. The standard InChI is InChI=1S/C20H31N3O4/c1-4-5-6-17(14-22(26)15-24)20(25)21-11-12-23(16(2)13-21)18-7-9-19(27-3)10-8-18/h7-10,15-17,26H,4-6,11-14H2,1-3H3/t16?,17-/m1/s1. The monoisotopic (exact) mass is 377 g/mol. The van der Waals surface area contributed by atoms with Crippen molar-refractivity contribution in [2.24, 2.45) is 5.92 Å². The Morgan fingerprint density at radius 3 is 2.63 bits per heavy atom. The third kappa shape index (κ3) is 5.60. The average molecular weight is 377 g/mol. The van der Waals surface area contributed by atoms with E-state index in [-0.39, 0.29) is 24.4 Å². The molecule has 2 atom stereocenters. The summed E-state index contributed by atoms with van der Waals surface area (Å²) >= 11 is 0. The number of piperazine rings is 1. The molecule has 7 nitrogen and oxygen atoms in total. The quantitative estimate of drug-likeness (QED) is 0.406. The molecule has 0 aliphatic carbocycles. The first-order chi connectivity index (χ1) is 13.0. The Bertz CT molecular complexity index is 608. The van der Waals surface area contributed by atoms with Crippen molar-refractivity contribution in [2.45, 2.75) is 39.2 Å². The fraction of sp³-hybridized carbons (Fsp3) is 0.600. The topological polar surface area (TPSA) is 73.3 Å². The van der Waals surface area contributed by atoms with Crippen LogP contribution in [0.5, 0.6) is 5.75 Å². The third-order valence-corrected chi connectivity index (χ3v) is 5.13. The number of unbranched alkanes of at least 4 members (excludes halogenated alkanes) is 1. The molecule has 27 heavy (non-hydrogen) atoms. The number of benzene rings is 1. The van der Waals surface area contributed by atoms with Crippen molar-refractivity contribution in [1.82, 2.24) is 9.96 Å². The zero-order chi connectivity index (χ0) is 19.8. The lowest BCUT2D eigenvalue weighted by atomic mass is 9.99. The van der Waals surface area contributed by atoms with Gasteiger partial charge in [0.2, 0.25) is 12.3 Å². The number of nitrogens with zero attached hydrogens (tertiary/aromatic N) is 3. The summed E-state index contributed by atoms with van der Waals surface area (Å²) in [6.45, 7) is 6.22. The van der Waals surface area contributed by atoms with E-state index in [9.17, 15) is 14.8 Å². The van der Waals surface area contributed by atoms with Crippen LogP contribution in [0, 0.1) is 5.92 Å². The van der Waals surface area contributed by atoms with Gasteiger partial charge in [-0.15, -0.1) is 0 Å². The molecule has 0 spiro atoms. The van der Waals surface area contributed by atoms with Gasteiger partial charge in [0.05, 0.1) is 19.6 Å². The molecule has 1 saturated heterocycles. The van der Waals surface area contributed by atoms with E-state index in [1.807, 2.05) is 29.2 Å². The van der Waals surface area contributed by atoms with Crippen LogP contribution in [-0.2, 0) is 9.59 Å². The van der Waals surface area contributed by atoms with Crippen molar-refractivity contribution in [3.8, 4) is 5.75 Å². The van der Waals surface area contributed by atoms with E-state index in [4.69, 9.17) is 4.74 Å². The normalized spacial score (nSPS) is 18.1. The number of hydrogen-bond acceptors (Lipinski definition) is 5. The first-order valence-corrected chi connectivity index (χ1v) is 9.60. The molecule has 1 aliphatic heterocycles. The molecule has 0 bridgehead atoms. The Morgan fingerprint density at radius 2 is 2.07 bits per heavy atom. The Balaban J connectivity index is 2.01. The number of anilines is 1. The van der Waals surface area contributed by atoms with E-state index < -0.39 is 0 Å². The molecule has 0 saturated carbocycles.